The first-order chi connectivity index (χ1) is 15.3. The molecule has 168 valence electrons. The summed E-state index contributed by atoms with van der Waals surface area (Å²) in [5, 5.41) is 6.15. The van der Waals surface area contributed by atoms with Gasteiger partial charge in [-0.2, -0.15) is 0 Å². The van der Waals surface area contributed by atoms with Crippen LogP contribution in [-0.4, -0.2) is 40.8 Å². The van der Waals surface area contributed by atoms with Crippen LogP contribution in [0.25, 0.3) is 21.3 Å². The van der Waals surface area contributed by atoms with Crippen LogP contribution >= 0.6 is 11.3 Å². The molecule has 0 radical (unpaired) electrons. The second kappa shape index (κ2) is 8.97. The van der Waals surface area contributed by atoms with Crippen LogP contribution in [0.15, 0.2) is 47.4 Å². The molecule has 2 heterocycles. The number of carbonyl (C=O) groups is 1. The van der Waals surface area contributed by atoms with Gasteiger partial charge in [-0.1, -0.05) is 19.1 Å². The van der Waals surface area contributed by atoms with E-state index in [0.717, 1.165) is 39.5 Å². The maximum Gasteiger partial charge on any atom is 0.238 e. The molecule has 0 atom stereocenters. The Morgan fingerprint density at radius 1 is 1.16 bits per heavy atom. The van der Waals surface area contributed by atoms with E-state index in [1.165, 1.54) is 12.1 Å². The van der Waals surface area contributed by atoms with Crippen LogP contribution in [0.4, 0.5) is 0 Å². The van der Waals surface area contributed by atoms with Gasteiger partial charge in [-0.3, -0.25) is 4.79 Å². The number of carbonyl (C=O) groups excluding carboxylic acids is 1. The predicted molar refractivity (Wildman–Crippen MR) is 126 cm³/mol. The highest BCUT2D eigenvalue weighted by Gasteiger charge is 2.17. The van der Waals surface area contributed by atoms with E-state index < -0.39 is 10.0 Å². The van der Waals surface area contributed by atoms with Gasteiger partial charge in [0.2, 0.25) is 15.9 Å². The molecule has 0 unspecified atom stereocenters. The summed E-state index contributed by atoms with van der Waals surface area (Å²) >= 11 is 1.59. The molecular weight excluding hydrogens is 446 g/mol. The molecule has 2 aromatic carbocycles. The maximum absolute atomic E-state index is 12.8. The van der Waals surface area contributed by atoms with E-state index in [9.17, 15) is 13.2 Å². The van der Waals surface area contributed by atoms with E-state index >= 15 is 0 Å². The molecule has 4 rings (SSSR count). The van der Waals surface area contributed by atoms with Crippen molar-refractivity contribution in [1.29, 1.82) is 0 Å². The summed E-state index contributed by atoms with van der Waals surface area (Å²) < 4.78 is 26.5. The molecule has 0 saturated heterocycles. The molecule has 1 amide bonds. The number of hydrogen-bond acceptors (Lipinski definition) is 6. The quantitative estimate of drug-likeness (QED) is 0.424. The lowest BCUT2D eigenvalue weighted by molar-refractivity contribution is -0.130. The number of benzene rings is 2. The Morgan fingerprint density at radius 2 is 1.94 bits per heavy atom. The second-order valence-corrected chi connectivity index (χ2v) is 10.4. The highest BCUT2D eigenvalue weighted by Crippen LogP contribution is 2.24. The van der Waals surface area contributed by atoms with Crippen LogP contribution in [0.5, 0.6) is 0 Å². The van der Waals surface area contributed by atoms with Gasteiger partial charge in [-0.05, 0) is 36.8 Å². The number of primary sulfonamides is 1. The van der Waals surface area contributed by atoms with Gasteiger partial charge in [0, 0.05) is 26.4 Å². The minimum absolute atomic E-state index is 0.00425. The second-order valence-electron chi connectivity index (χ2n) is 7.70. The molecule has 0 aliphatic rings. The van der Waals surface area contributed by atoms with E-state index in [1.54, 1.807) is 29.4 Å². The topological polar surface area (TPSA) is 111 Å². The van der Waals surface area contributed by atoms with E-state index in [2.05, 4.69) is 16.9 Å². The first kappa shape index (κ1) is 22.4. The average Bonchev–Trinajstić information content (AvgIpc) is 3.31. The third-order valence-corrected chi connectivity index (χ3v) is 7.21. The van der Waals surface area contributed by atoms with Gasteiger partial charge in [0.05, 0.1) is 32.7 Å². The zero-order valence-electron chi connectivity index (χ0n) is 18.0. The molecule has 32 heavy (non-hydrogen) atoms. The normalized spacial score (nSPS) is 12.0. The number of imidazole rings is 1. The number of rotatable bonds is 8. The van der Waals surface area contributed by atoms with E-state index in [0.29, 0.717) is 24.9 Å². The molecule has 0 aliphatic carbocycles. The van der Waals surface area contributed by atoms with Gasteiger partial charge in [0.25, 0.3) is 0 Å². The highest BCUT2D eigenvalue weighted by molar-refractivity contribution is 7.89. The van der Waals surface area contributed by atoms with E-state index in [1.807, 2.05) is 28.8 Å². The minimum Gasteiger partial charge on any atom is -0.339 e. The van der Waals surface area contributed by atoms with E-state index in [4.69, 9.17) is 5.14 Å². The number of thiazole rings is 1. The summed E-state index contributed by atoms with van der Waals surface area (Å²) in [6, 6.07) is 12.6. The highest BCUT2D eigenvalue weighted by atomic mass is 32.2. The van der Waals surface area contributed by atoms with Gasteiger partial charge < -0.3 is 9.47 Å². The lowest BCUT2D eigenvalue weighted by atomic mass is 10.2. The van der Waals surface area contributed by atoms with Gasteiger partial charge >= 0.3 is 0 Å². The third kappa shape index (κ3) is 4.67. The lowest BCUT2D eigenvalue weighted by Crippen LogP contribution is -2.26. The SMILES string of the molecule is CCCn1c(CCC(=O)N(C)Cc2nc3ccccc3s2)nc2cc(S(N)(=O)=O)ccc21. The molecule has 2 N–H and O–H groups in total. The van der Waals surface area contributed by atoms with Gasteiger partial charge in [-0.25, -0.2) is 23.5 Å². The van der Waals surface area contributed by atoms with Crippen molar-refractivity contribution in [2.45, 2.75) is 44.2 Å². The summed E-state index contributed by atoms with van der Waals surface area (Å²) in [6.07, 6.45) is 1.65. The number of aryl methyl sites for hydroxylation is 2. The molecule has 10 heteroatoms. The number of nitrogens with two attached hydrogens (primary N) is 1. The fourth-order valence-corrected chi connectivity index (χ4v) is 5.24. The Bertz CT molecular complexity index is 1360. The van der Waals surface area contributed by atoms with Crippen LogP contribution in [0.3, 0.4) is 0 Å². The van der Waals surface area contributed by atoms with Crippen LogP contribution in [0.1, 0.15) is 30.6 Å². The molecule has 0 fully saturated rings. The van der Waals surface area contributed by atoms with Crippen molar-refractivity contribution < 1.29 is 13.2 Å². The van der Waals surface area contributed by atoms with Crippen molar-refractivity contribution in [3.8, 4) is 0 Å². The number of aromatic nitrogens is 3. The molecule has 8 nitrogen and oxygen atoms in total. The Kier molecular flexibility index (Phi) is 6.27. The first-order valence-corrected chi connectivity index (χ1v) is 12.7. The Hall–Kier alpha value is -2.82. The molecule has 2 aromatic heterocycles. The largest absolute Gasteiger partial charge is 0.339 e. The zero-order valence-corrected chi connectivity index (χ0v) is 19.6. The minimum atomic E-state index is -3.80. The molecule has 0 saturated carbocycles. The summed E-state index contributed by atoms with van der Waals surface area (Å²) in [5.41, 5.74) is 2.35. The Labute approximate surface area is 190 Å². The molecule has 0 aliphatic heterocycles. The summed E-state index contributed by atoms with van der Waals surface area (Å²) in [5.74, 6) is 0.764. The molecular formula is C22H25N5O3S2. The standard InChI is InChI=1S/C22H25N5O3S2/c1-3-12-27-18-9-8-15(32(23,29)30)13-17(18)24-20(27)10-11-22(28)26(2)14-21-25-16-6-4-5-7-19(16)31-21/h4-9,13H,3,10-12,14H2,1-2H3,(H2,23,29,30). The first-order valence-electron chi connectivity index (χ1n) is 10.4. The summed E-state index contributed by atoms with van der Waals surface area (Å²) in [6.45, 7) is 3.25. The maximum atomic E-state index is 12.8. The fourth-order valence-electron chi connectivity index (χ4n) is 3.69. The van der Waals surface area contributed by atoms with Crippen molar-refractivity contribution in [1.82, 2.24) is 19.4 Å². The van der Waals surface area contributed by atoms with Crippen LogP contribution in [0.2, 0.25) is 0 Å². The number of nitrogens with zero attached hydrogens (tertiary/aromatic N) is 4. The smallest absolute Gasteiger partial charge is 0.238 e. The van der Waals surface area contributed by atoms with Crippen molar-refractivity contribution in [3.63, 3.8) is 0 Å². The van der Waals surface area contributed by atoms with Gasteiger partial charge in [0.1, 0.15) is 10.8 Å². The van der Waals surface area contributed by atoms with E-state index in [-0.39, 0.29) is 10.8 Å². The van der Waals surface area contributed by atoms with Crippen LogP contribution < -0.4 is 5.14 Å². The number of sulfonamides is 1. The summed E-state index contributed by atoms with van der Waals surface area (Å²) in [7, 11) is -2.02. The number of para-hydroxylation sites is 1. The third-order valence-electron chi connectivity index (χ3n) is 5.27. The number of amides is 1. The van der Waals surface area contributed by atoms with Gasteiger partial charge in [0.15, 0.2) is 0 Å². The fraction of sp³-hybridized carbons (Fsp3) is 0.318. The van der Waals surface area contributed by atoms with Crippen LogP contribution in [0, 0.1) is 0 Å². The molecule has 0 bridgehead atoms. The van der Waals surface area contributed by atoms with Crippen molar-refractivity contribution in [2.75, 3.05) is 7.05 Å². The van der Waals surface area contributed by atoms with Crippen molar-refractivity contribution in [3.05, 3.63) is 53.3 Å². The van der Waals surface area contributed by atoms with Crippen molar-refractivity contribution in [2.24, 2.45) is 5.14 Å². The van der Waals surface area contributed by atoms with Crippen molar-refractivity contribution >= 4 is 48.5 Å². The zero-order chi connectivity index (χ0) is 22.9. The Balaban J connectivity index is 1.49. The van der Waals surface area contributed by atoms with Gasteiger partial charge in [-0.15, -0.1) is 11.3 Å². The molecule has 4 aromatic rings. The number of fused-ring (bicyclic) bond motifs is 2. The Morgan fingerprint density at radius 3 is 2.66 bits per heavy atom. The summed E-state index contributed by atoms with van der Waals surface area (Å²) in [4.78, 5) is 23.7. The number of hydrogen-bond donors (Lipinski definition) is 1. The molecule has 0 spiro atoms. The monoisotopic (exact) mass is 471 g/mol. The lowest BCUT2D eigenvalue weighted by Gasteiger charge is -2.15. The average molecular weight is 472 g/mol. The van der Waals surface area contributed by atoms with Crippen LogP contribution in [-0.2, 0) is 34.3 Å². The predicted octanol–water partition coefficient (Wildman–Crippen LogP) is 3.29.